The first kappa shape index (κ1) is 15.1. The van der Waals surface area contributed by atoms with E-state index in [-0.39, 0.29) is 28.6 Å². The van der Waals surface area contributed by atoms with E-state index in [1.54, 1.807) is 17.8 Å². The Hall–Kier alpha value is -0.790. The maximum atomic E-state index is 13.3. The lowest BCUT2D eigenvalue weighted by atomic mass is 10.1. The maximum absolute atomic E-state index is 13.3. The van der Waals surface area contributed by atoms with Crippen LogP contribution in [0.4, 0.5) is 10.1 Å². The number of rotatable bonds is 2. The van der Waals surface area contributed by atoms with E-state index >= 15 is 0 Å². The van der Waals surface area contributed by atoms with Gasteiger partial charge in [0.25, 0.3) is 0 Å². The summed E-state index contributed by atoms with van der Waals surface area (Å²) < 4.78 is 37.0. The summed E-state index contributed by atoms with van der Waals surface area (Å²) in [6.45, 7) is 2.01. The van der Waals surface area contributed by atoms with Crippen LogP contribution in [0.2, 0.25) is 5.02 Å². The molecule has 2 atom stereocenters. The molecule has 0 bridgehead atoms. The van der Waals surface area contributed by atoms with Gasteiger partial charge in [-0.1, -0.05) is 30.3 Å². The van der Waals surface area contributed by atoms with Crippen LogP contribution in [0.5, 0.6) is 0 Å². The molecule has 2 heterocycles. The molecule has 1 fully saturated rings. The lowest BCUT2D eigenvalue weighted by Gasteiger charge is -2.26. The zero-order valence-corrected chi connectivity index (χ0v) is 13.7. The lowest BCUT2D eigenvalue weighted by molar-refractivity contribution is 0.601. The monoisotopic (exact) mass is 348 g/mol. The molecule has 1 aromatic carbocycles. The SMILES string of the molecule is CCSC1=N[C@@H]2CS(=O)(=O)C[C@@H]2N1c1ccc(F)c(Cl)c1. The summed E-state index contributed by atoms with van der Waals surface area (Å²) in [5.74, 6) is 0.494. The van der Waals surface area contributed by atoms with Gasteiger partial charge < -0.3 is 4.90 Å². The van der Waals surface area contributed by atoms with Crippen molar-refractivity contribution in [2.45, 2.75) is 19.0 Å². The van der Waals surface area contributed by atoms with E-state index in [0.29, 0.717) is 5.69 Å². The van der Waals surface area contributed by atoms with Crippen molar-refractivity contribution >= 4 is 44.1 Å². The predicted molar refractivity (Wildman–Crippen MR) is 85.7 cm³/mol. The van der Waals surface area contributed by atoms with Crippen molar-refractivity contribution in [3.05, 3.63) is 29.0 Å². The summed E-state index contributed by atoms with van der Waals surface area (Å²) in [4.78, 5) is 6.42. The topological polar surface area (TPSA) is 49.7 Å². The van der Waals surface area contributed by atoms with Gasteiger partial charge in [-0.25, -0.2) is 12.8 Å². The first-order chi connectivity index (χ1) is 9.91. The highest BCUT2D eigenvalue weighted by Crippen LogP contribution is 2.36. The fraction of sp³-hybridized carbons (Fsp3) is 0.462. The van der Waals surface area contributed by atoms with E-state index < -0.39 is 15.7 Å². The van der Waals surface area contributed by atoms with Crippen molar-refractivity contribution in [1.82, 2.24) is 0 Å². The van der Waals surface area contributed by atoms with E-state index in [1.807, 2.05) is 11.8 Å². The van der Waals surface area contributed by atoms with Gasteiger partial charge in [-0.15, -0.1) is 0 Å². The second-order valence-corrected chi connectivity index (χ2v) is 8.82. The van der Waals surface area contributed by atoms with Crippen molar-refractivity contribution in [2.75, 3.05) is 22.2 Å². The molecule has 0 N–H and O–H groups in total. The highest BCUT2D eigenvalue weighted by atomic mass is 35.5. The van der Waals surface area contributed by atoms with E-state index in [2.05, 4.69) is 4.99 Å². The Kier molecular flexibility index (Phi) is 3.92. The van der Waals surface area contributed by atoms with E-state index in [1.165, 1.54) is 12.1 Å². The molecule has 1 saturated heterocycles. The van der Waals surface area contributed by atoms with E-state index in [0.717, 1.165) is 10.9 Å². The van der Waals surface area contributed by atoms with Gasteiger partial charge >= 0.3 is 0 Å². The Bertz CT molecular complexity index is 708. The van der Waals surface area contributed by atoms with Gasteiger partial charge in [-0.05, 0) is 24.0 Å². The molecule has 0 aromatic heterocycles. The molecule has 0 aliphatic carbocycles. The molecule has 21 heavy (non-hydrogen) atoms. The molecule has 0 unspecified atom stereocenters. The first-order valence-electron chi connectivity index (χ1n) is 6.56. The molecular weight excluding hydrogens is 335 g/mol. The summed E-state index contributed by atoms with van der Waals surface area (Å²) >= 11 is 7.40. The van der Waals surface area contributed by atoms with Crippen LogP contribution in [0.3, 0.4) is 0 Å². The number of halogens is 2. The largest absolute Gasteiger partial charge is 0.315 e. The Labute approximate surface area is 132 Å². The number of benzene rings is 1. The van der Waals surface area contributed by atoms with Gasteiger partial charge in [0, 0.05) is 5.69 Å². The number of hydrogen-bond acceptors (Lipinski definition) is 5. The van der Waals surface area contributed by atoms with E-state index in [4.69, 9.17) is 11.6 Å². The number of fused-ring (bicyclic) bond motifs is 1. The molecule has 8 heteroatoms. The zero-order chi connectivity index (χ0) is 15.2. The predicted octanol–water partition coefficient (Wildman–Crippen LogP) is 2.57. The standard InChI is InChI=1S/C13H14ClFN2O2S2/c1-2-20-13-16-11-6-21(18,19)7-12(11)17(13)8-3-4-10(15)9(14)5-8/h3-5,11-12H,2,6-7H2,1H3/t11-,12+/m1/s1. The molecule has 114 valence electrons. The fourth-order valence-electron chi connectivity index (χ4n) is 2.70. The van der Waals surface area contributed by atoms with Crippen LogP contribution in [-0.4, -0.2) is 42.9 Å². The number of nitrogens with zero attached hydrogens (tertiary/aromatic N) is 2. The summed E-state index contributed by atoms with van der Waals surface area (Å²) in [6, 6.07) is 3.97. The van der Waals surface area contributed by atoms with Gasteiger partial charge in [-0.2, -0.15) is 0 Å². The summed E-state index contributed by atoms with van der Waals surface area (Å²) in [7, 11) is -3.07. The minimum Gasteiger partial charge on any atom is -0.315 e. The number of amidine groups is 1. The average molecular weight is 349 g/mol. The van der Waals surface area contributed by atoms with Gasteiger partial charge in [0.2, 0.25) is 0 Å². The molecule has 0 amide bonds. The number of aliphatic imine (C=N–C) groups is 1. The second-order valence-electron chi connectivity index (χ2n) is 5.02. The van der Waals surface area contributed by atoms with Gasteiger partial charge in [-0.3, -0.25) is 4.99 Å². The molecule has 4 nitrogen and oxygen atoms in total. The molecule has 0 spiro atoms. The minimum absolute atomic E-state index is 0.0256. The number of hydrogen-bond donors (Lipinski definition) is 0. The van der Waals surface area contributed by atoms with E-state index in [9.17, 15) is 12.8 Å². The molecular formula is C13H14ClFN2O2S2. The zero-order valence-electron chi connectivity index (χ0n) is 11.3. The number of thioether (sulfide) groups is 1. The third kappa shape index (κ3) is 2.78. The van der Waals surface area contributed by atoms with Crippen LogP contribution in [0.1, 0.15) is 6.92 Å². The van der Waals surface area contributed by atoms with Gasteiger partial charge in [0.05, 0.1) is 28.6 Å². The van der Waals surface area contributed by atoms with Crippen molar-refractivity contribution in [3.8, 4) is 0 Å². The third-order valence-electron chi connectivity index (χ3n) is 3.56. The van der Waals surface area contributed by atoms with Crippen molar-refractivity contribution in [2.24, 2.45) is 4.99 Å². The molecule has 2 aliphatic heterocycles. The number of sulfone groups is 1. The van der Waals surface area contributed by atoms with Crippen LogP contribution in [0.25, 0.3) is 0 Å². The fourth-order valence-corrected chi connectivity index (χ4v) is 5.57. The maximum Gasteiger partial charge on any atom is 0.164 e. The summed E-state index contributed by atoms with van der Waals surface area (Å²) in [6.07, 6.45) is 0. The van der Waals surface area contributed by atoms with Crippen LogP contribution in [0, 0.1) is 5.82 Å². The van der Waals surface area contributed by atoms with Crippen molar-refractivity contribution in [3.63, 3.8) is 0 Å². The summed E-state index contributed by atoms with van der Waals surface area (Å²) in [5.41, 5.74) is 0.686. The number of anilines is 1. The van der Waals surface area contributed by atoms with Gasteiger partial charge in [0.15, 0.2) is 15.0 Å². The molecule has 2 aliphatic rings. The third-order valence-corrected chi connectivity index (χ3v) is 6.40. The first-order valence-corrected chi connectivity index (χ1v) is 9.75. The Morgan fingerprint density at radius 2 is 2.24 bits per heavy atom. The van der Waals surface area contributed by atoms with Crippen molar-refractivity contribution < 1.29 is 12.8 Å². The average Bonchev–Trinajstić information content (AvgIpc) is 2.85. The lowest BCUT2D eigenvalue weighted by Crippen LogP contribution is -2.39. The van der Waals surface area contributed by atoms with Crippen LogP contribution >= 0.6 is 23.4 Å². The quantitative estimate of drug-likeness (QED) is 0.824. The molecule has 0 saturated carbocycles. The Morgan fingerprint density at radius 3 is 2.90 bits per heavy atom. The van der Waals surface area contributed by atoms with Crippen molar-refractivity contribution in [1.29, 1.82) is 0 Å². The highest BCUT2D eigenvalue weighted by Gasteiger charge is 2.47. The van der Waals surface area contributed by atoms with Gasteiger partial charge in [0.1, 0.15) is 5.82 Å². The minimum atomic E-state index is -3.07. The summed E-state index contributed by atoms with van der Waals surface area (Å²) in [5, 5.41) is 0.808. The molecule has 3 rings (SSSR count). The van der Waals surface area contributed by atoms with Crippen LogP contribution < -0.4 is 4.90 Å². The highest BCUT2D eigenvalue weighted by molar-refractivity contribution is 8.14. The normalized spacial score (nSPS) is 26.8. The van der Waals surface area contributed by atoms with Crippen LogP contribution in [0.15, 0.2) is 23.2 Å². The second kappa shape index (κ2) is 5.44. The molecule has 0 radical (unpaired) electrons. The van der Waals surface area contributed by atoms with Crippen LogP contribution in [-0.2, 0) is 9.84 Å². The Balaban J connectivity index is 2.01. The smallest absolute Gasteiger partial charge is 0.164 e. The molecule has 1 aromatic rings. The Morgan fingerprint density at radius 1 is 1.48 bits per heavy atom.